The van der Waals surface area contributed by atoms with E-state index in [2.05, 4.69) is 23.6 Å². The molecule has 7 nitrogen and oxygen atoms in total. The summed E-state index contributed by atoms with van der Waals surface area (Å²) in [6.45, 7) is 2.67. The van der Waals surface area contributed by atoms with Crippen LogP contribution in [0.1, 0.15) is 148 Å². The third-order valence-electron chi connectivity index (χ3n) is 6.91. The predicted molar refractivity (Wildman–Crippen MR) is 164 cm³/mol. The van der Waals surface area contributed by atoms with Crippen LogP contribution in [-0.4, -0.2) is 49.1 Å². The number of hydrogen-bond donors (Lipinski definition) is 3. The molecule has 0 saturated carbocycles. The summed E-state index contributed by atoms with van der Waals surface area (Å²) >= 11 is 0. The largest absolute Gasteiger partial charge is 0.472 e. The Kier molecular flexibility index (Phi) is 30.5. The summed E-state index contributed by atoms with van der Waals surface area (Å²) in [5.41, 5.74) is 5.21. The second-order valence-electron chi connectivity index (χ2n) is 10.9. The number of phosphoric ester groups is 1. The van der Waals surface area contributed by atoms with Crippen LogP contribution in [0, 0.1) is 0 Å². The lowest BCUT2D eigenvalue weighted by molar-refractivity contribution is 0.00230. The number of aliphatic hydroxyl groups is 1. The van der Waals surface area contributed by atoms with Crippen molar-refractivity contribution < 1.29 is 28.3 Å². The molecule has 2 atom stereocenters. The Morgan fingerprint density at radius 2 is 1.08 bits per heavy atom. The van der Waals surface area contributed by atoms with E-state index in [0.29, 0.717) is 6.61 Å². The van der Waals surface area contributed by atoms with Crippen LogP contribution in [0.25, 0.3) is 0 Å². The molecule has 39 heavy (non-hydrogen) atoms. The third kappa shape index (κ3) is 32.1. The molecule has 0 aliphatic rings. The van der Waals surface area contributed by atoms with Gasteiger partial charge in [0.25, 0.3) is 0 Å². The highest BCUT2D eigenvalue weighted by Crippen LogP contribution is 2.42. The Hall–Kier alpha value is -0.270. The van der Waals surface area contributed by atoms with Crippen molar-refractivity contribution in [3.63, 3.8) is 0 Å². The van der Waals surface area contributed by atoms with Gasteiger partial charge in [0.15, 0.2) is 0 Å². The zero-order valence-corrected chi connectivity index (χ0v) is 26.3. The molecule has 0 aliphatic heterocycles. The molecule has 0 aromatic rings. The Balaban J connectivity index is 3.24. The van der Waals surface area contributed by atoms with Gasteiger partial charge in [0.05, 0.1) is 19.8 Å². The van der Waals surface area contributed by atoms with E-state index in [0.717, 1.165) is 12.8 Å². The topological polar surface area (TPSA) is 111 Å². The average molecular weight is 578 g/mol. The van der Waals surface area contributed by atoms with Crippen LogP contribution in [0.2, 0.25) is 0 Å². The van der Waals surface area contributed by atoms with Gasteiger partial charge in [-0.1, -0.05) is 128 Å². The monoisotopic (exact) mass is 577 g/mol. The maximum absolute atomic E-state index is 11.5. The number of nitrogens with two attached hydrogens (primary N) is 1. The van der Waals surface area contributed by atoms with Gasteiger partial charge in [0.2, 0.25) is 0 Å². The lowest BCUT2D eigenvalue weighted by Crippen LogP contribution is -2.22. The van der Waals surface area contributed by atoms with Gasteiger partial charge >= 0.3 is 7.82 Å². The number of hydrogen-bond acceptors (Lipinski definition) is 6. The lowest BCUT2D eigenvalue weighted by Gasteiger charge is -2.15. The van der Waals surface area contributed by atoms with Crippen molar-refractivity contribution in [2.24, 2.45) is 5.73 Å². The van der Waals surface area contributed by atoms with E-state index in [1.165, 1.54) is 128 Å². The fraction of sp³-hybridized carbons (Fsp3) is 0.935. The van der Waals surface area contributed by atoms with Crippen LogP contribution in [-0.2, 0) is 18.3 Å². The van der Waals surface area contributed by atoms with Crippen LogP contribution in [0.3, 0.4) is 0 Å². The fourth-order valence-electron chi connectivity index (χ4n) is 4.52. The molecule has 0 aromatic carbocycles. The molecule has 0 aliphatic carbocycles. The van der Waals surface area contributed by atoms with Crippen LogP contribution in [0.5, 0.6) is 0 Å². The maximum Gasteiger partial charge on any atom is 0.472 e. The molecular weight excluding hydrogens is 513 g/mol. The standard InChI is InChI=1S/C31H64NO6P/c1-2-3-4-5-6-7-8-9-10-11-12-13-14-15-16-17-18-19-20-21-22-23-24-25-27-36-29-31(33)30-38-39(34,35)37-28-26-32/h11-12,31,33H,2-10,13-30,32H2,1H3,(H,34,35)/b12-11-. The molecule has 0 radical (unpaired) electrons. The average Bonchev–Trinajstić information content (AvgIpc) is 2.92. The van der Waals surface area contributed by atoms with Gasteiger partial charge in [-0.25, -0.2) is 4.57 Å². The van der Waals surface area contributed by atoms with Crippen molar-refractivity contribution in [1.29, 1.82) is 0 Å². The summed E-state index contributed by atoms with van der Waals surface area (Å²) in [6, 6.07) is 0. The minimum atomic E-state index is -4.15. The molecule has 0 aromatic heterocycles. The summed E-state index contributed by atoms with van der Waals surface area (Å²) in [5.74, 6) is 0. The van der Waals surface area contributed by atoms with Gasteiger partial charge in [0, 0.05) is 13.2 Å². The van der Waals surface area contributed by atoms with Crippen LogP contribution in [0.15, 0.2) is 12.2 Å². The van der Waals surface area contributed by atoms with Gasteiger partial charge < -0.3 is 20.5 Å². The highest BCUT2D eigenvalue weighted by molar-refractivity contribution is 7.47. The molecule has 0 rings (SSSR count). The number of aliphatic hydroxyl groups excluding tert-OH is 1. The third-order valence-corrected chi connectivity index (χ3v) is 7.90. The first kappa shape index (κ1) is 38.7. The zero-order valence-electron chi connectivity index (χ0n) is 25.4. The summed E-state index contributed by atoms with van der Waals surface area (Å²) < 4.78 is 26.2. The van der Waals surface area contributed by atoms with Crippen molar-refractivity contribution in [3.05, 3.63) is 12.2 Å². The first-order valence-corrected chi connectivity index (χ1v) is 17.7. The normalized spacial score (nSPS) is 14.3. The molecular formula is C31H64NO6P. The van der Waals surface area contributed by atoms with E-state index in [4.69, 9.17) is 15.0 Å². The second-order valence-corrected chi connectivity index (χ2v) is 12.3. The van der Waals surface area contributed by atoms with Gasteiger partial charge in [-0.05, 0) is 32.1 Å². The number of rotatable bonds is 32. The summed E-state index contributed by atoms with van der Waals surface area (Å²) in [4.78, 5) is 9.37. The molecule has 8 heteroatoms. The molecule has 0 bridgehead atoms. The first-order chi connectivity index (χ1) is 19.0. The smallest absolute Gasteiger partial charge is 0.388 e. The van der Waals surface area contributed by atoms with E-state index in [1.807, 2.05) is 0 Å². The van der Waals surface area contributed by atoms with Crippen LogP contribution in [0.4, 0.5) is 0 Å². The highest BCUT2D eigenvalue weighted by Gasteiger charge is 2.22. The van der Waals surface area contributed by atoms with Gasteiger partial charge in [-0.15, -0.1) is 0 Å². The quantitative estimate of drug-likeness (QED) is 0.0417. The van der Waals surface area contributed by atoms with E-state index in [-0.39, 0.29) is 26.4 Å². The van der Waals surface area contributed by atoms with E-state index < -0.39 is 13.9 Å². The van der Waals surface area contributed by atoms with Crippen molar-refractivity contribution in [2.45, 2.75) is 154 Å². The van der Waals surface area contributed by atoms with Crippen molar-refractivity contribution >= 4 is 7.82 Å². The van der Waals surface area contributed by atoms with Crippen LogP contribution >= 0.6 is 7.82 Å². The number of unbranched alkanes of at least 4 members (excludes halogenated alkanes) is 20. The Labute approximate surface area is 241 Å². The zero-order chi connectivity index (χ0) is 28.7. The van der Waals surface area contributed by atoms with E-state index in [9.17, 15) is 14.6 Å². The van der Waals surface area contributed by atoms with E-state index >= 15 is 0 Å². The van der Waals surface area contributed by atoms with E-state index in [1.54, 1.807) is 0 Å². The molecule has 2 unspecified atom stereocenters. The molecule has 0 saturated heterocycles. The lowest BCUT2D eigenvalue weighted by atomic mass is 10.0. The number of phosphoric acid groups is 1. The van der Waals surface area contributed by atoms with Gasteiger partial charge in [-0.3, -0.25) is 9.05 Å². The van der Waals surface area contributed by atoms with Crippen LogP contribution < -0.4 is 5.73 Å². The van der Waals surface area contributed by atoms with Crippen molar-refractivity contribution in [1.82, 2.24) is 0 Å². The van der Waals surface area contributed by atoms with Crippen molar-refractivity contribution in [3.8, 4) is 0 Å². The summed E-state index contributed by atoms with van der Waals surface area (Å²) in [7, 11) is -4.15. The minimum absolute atomic E-state index is 0.0713. The van der Waals surface area contributed by atoms with Crippen molar-refractivity contribution in [2.75, 3.05) is 33.0 Å². The Morgan fingerprint density at radius 3 is 1.54 bits per heavy atom. The summed E-state index contributed by atoms with van der Waals surface area (Å²) in [5, 5.41) is 9.76. The molecule has 0 heterocycles. The maximum atomic E-state index is 11.5. The minimum Gasteiger partial charge on any atom is -0.388 e. The Bertz CT molecular complexity index is 563. The first-order valence-electron chi connectivity index (χ1n) is 16.2. The van der Waals surface area contributed by atoms with Gasteiger partial charge in [0.1, 0.15) is 6.10 Å². The molecule has 0 fully saturated rings. The predicted octanol–water partition coefficient (Wildman–Crippen LogP) is 8.61. The number of allylic oxidation sites excluding steroid dienone is 2. The molecule has 0 amide bonds. The Morgan fingerprint density at radius 1 is 0.641 bits per heavy atom. The SMILES string of the molecule is CCCCCCCCCC/C=C\CCCCCCCCCCCCCCOCC(O)COP(=O)(O)OCCN. The van der Waals surface area contributed by atoms with Gasteiger partial charge in [-0.2, -0.15) is 0 Å². The second kappa shape index (κ2) is 30.7. The summed E-state index contributed by atoms with van der Waals surface area (Å²) in [6.07, 6.45) is 33.1. The molecule has 0 spiro atoms. The fourth-order valence-corrected chi connectivity index (χ4v) is 5.29. The highest BCUT2D eigenvalue weighted by atomic mass is 31.2. The molecule has 234 valence electrons. The molecule has 4 N–H and O–H groups in total. The number of ether oxygens (including phenoxy) is 1.